The van der Waals surface area contributed by atoms with Crippen molar-refractivity contribution in [2.75, 3.05) is 6.61 Å². The van der Waals surface area contributed by atoms with Crippen LogP contribution in [0.1, 0.15) is 23.8 Å². The van der Waals surface area contributed by atoms with Crippen LogP contribution < -0.4 is 10.6 Å². The normalized spacial score (nSPS) is 11.9. The second-order valence-electron chi connectivity index (χ2n) is 3.95. The molecule has 19 heavy (non-hydrogen) atoms. The Balaban J connectivity index is 2.44. The highest BCUT2D eigenvalue weighted by Gasteiger charge is 2.19. The molecule has 0 saturated heterocycles. The van der Waals surface area contributed by atoms with E-state index in [-0.39, 0.29) is 13.0 Å². The lowest BCUT2D eigenvalue weighted by atomic mass is 10.2. The summed E-state index contributed by atoms with van der Waals surface area (Å²) >= 11 is 1.55. The molecule has 0 aromatic carbocycles. The first-order valence-corrected chi connectivity index (χ1v) is 6.89. The first-order valence-electron chi connectivity index (χ1n) is 6.01. The van der Waals surface area contributed by atoms with E-state index in [9.17, 15) is 9.59 Å². The van der Waals surface area contributed by atoms with Gasteiger partial charge in [0.1, 0.15) is 6.04 Å². The van der Waals surface area contributed by atoms with Gasteiger partial charge in [0, 0.05) is 17.9 Å². The van der Waals surface area contributed by atoms with E-state index in [1.54, 1.807) is 11.3 Å². The van der Waals surface area contributed by atoms with Gasteiger partial charge in [0.2, 0.25) is 0 Å². The molecule has 1 rings (SSSR count). The zero-order valence-corrected chi connectivity index (χ0v) is 11.5. The molecule has 1 heterocycles. The van der Waals surface area contributed by atoms with Crippen LogP contribution in [0.5, 0.6) is 0 Å². The van der Waals surface area contributed by atoms with Gasteiger partial charge >= 0.3 is 12.0 Å². The van der Waals surface area contributed by atoms with Crippen molar-refractivity contribution in [3.05, 3.63) is 21.9 Å². The van der Waals surface area contributed by atoms with Crippen LogP contribution in [0, 0.1) is 0 Å². The lowest BCUT2D eigenvalue weighted by Crippen LogP contribution is -2.46. The van der Waals surface area contributed by atoms with Gasteiger partial charge in [0.15, 0.2) is 0 Å². The summed E-state index contributed by atoms with van der Waals surface area (Å²) < 4.78 is 0. The average molecular weight is 286 g/mol. The third-order valence-corrected chi connectivity index (χ3v) is 3.61. The quantitative estimate of drug-likeness (QED) is 0.599. The molecule has 1 atom stereocenters. The van der Waals surface area contributed by atoms with Crippen LogP contribution in [0.3, 0.4) is 0 Å². The van der Waals surface area contributed by atoms with E-state index < -0.39 is 18.0 Å². The number of hydrogen-bond donors (Lipinski definition) is 4. The summed E-state index contributed by atoms with van der Waals surface area (Å²) in [5.41, 5.74) is 1.18. The van der Waals surface area contributed by atoms with E-state index in [0.29, 0.717) is 6.54 Å². The molecule has 1 aromatic rings. The Bertz CT molecular complexity index is 433. The van der Waals surface area contributed by atoms with E-state index in [1.165, 1.54) is 5.56 Å². The van der Waals surface area contributed by atoms with Crippen LogP contribution >= 0.6 is 11.3 Å². The Hall–Kier alpha value is -1.60. The molecule has 0 fully saturated rings. The van der Waals surface area contributed by atoms with Crippen LogP contribution in [0.4, 0.5) is 4.79 Å². The fourth-order valence-electron chi connectivity index (χ4n) is 1.59. The minimum Gasteiger partial charge on any atom is -0.480 e. The van der Waals surface area contributed by atoms with Gasteiger partial charge < -0.3 is 20.8 Å². The van der Waals surface area contributed by atoms with Crippen molar-refractivity contribution in [1.29, 1.82) is 0 Å². The number of urea groups is 1. The Morgan fingerprint density at radius 2 is 2.21 bits per heavy atom. The number of thiophene rings is 1. The predicted octanol–water partition coefficient (Wildman–Crippen LogP) is 0.945. The molecule has 0 unspecified atom stereocenters. The highest BCUT2D eigenvalue weighted by atomic mass is 32.1. The van der Waals surface area contributed by atoms with Crippen molar-refractivity contribution in [3.63, 3.8) is 0 Å². The molecule has 0 aliphatic rings. The number of rotatable bonds is 7. The van der Waals surface area contributed by atoms with Crippen molar-refractivity contribution >= 4 is 23.3 Å². The first-order chi connectivity index (χ1) is 9.08. The molecule has 0 saturated carbocycles. The third-order valence-electron chi connectivity index (χ3n) is 2.65. The lowest BCUT2D eigenvalue weighted by molar-refractivity contribution is -0.139. The molecule has 7 heteroatoms. The number of hydrogen-bond acceptors (Lipinski definition) is 4. The lowest BCUT2D eigenvalue weighted by Gasteiger charge is -2.14. The zero-order valence-electron chi connectivity index (χ0n) is 10.7. The van der Waals surface area contributed by atoms with Crippen LogP contribution in [0.2, 0.25) is 0 Å². The maximum Gasteiger partial charge on any atom is 0.326 e. The Morgan fingerprint density at radius 1 is 1.47 bits per heavy atom. The van der Waals surface area contributed by atoms with Gasteiger partial charge in [-0.1, -0.05) is 6.92 Å². The second kappa shape index (κ2) is 7.75. The van der Waals surface area contributed by atoms with Crippen LogP contribution in [-0.4, -0.2) is 34.9 Å². The van der Waals surface area contributed by atoms with Crippen molar-refractivity contribution in [2.45, 2.75) is 32.4 Å². The Morgan fingerprint density at radius 3 is 2.79 bits per heavy atom. The summed E-state index contributed by atoms with van der Waals surface area (Å²) in [5, 5.41) is 24.4. The molecule has 0 aliphatic carbocycles. The third kappa shape index (κ3) is 4.88. The summed E-state index contributed by atoms with van der Waals surface area (Å²) in [4.78, 5) is 23.4. The van der Waals surface area contributed by atoms with Crippen molar-refractivity contribution in [2.24, 2.45) is 0 Å². The largest absolute Gasteiger partial charge is 0.480 e. The smallest absolute Gasteiger partial charge is 0.326 e. The number of aliphatic hydroxyl groups excluding tert-OH is 1. The van der Waals surface area contributed by atoms with E-state index in [2.05, 4.69) is 10.6 Å². The van der Waals surface area contributed by atoms with Crippen LogP contribution in [-0.2, 0) is 17.8 Å². The van der Waals surface area contributed by atoms with Crippen molar-refractivity contribution in [3.8, 4) is 0 Å². The van der Waals surface area contributed by atoms with Gasteiger partial charge in [0.25, 0.3) is 0 Å². The SMILES string of the molecule is CCc1ccsc1CNC(=O)N[C@@H](CCO)C(=O)O. The molecule has 0 aliphatic heterocycles. The molecule has 0 spiro atoms. The summed E-state index contributed by atoms with van der Waals surface area (Å²) in [7, 11) is 0. The van der Waals surface area contributed by atoms with E-state index >= 15 is 0 Å². The van der Waals surface area contributed by atoms with Gasteiger partial charge in [0.05, 0.1) is 6.54 Å². The monoisotopic (exact) mass is 286 g/mol. The van der Waals surface area contributed by atoms with Gasteiger partial charge in [-0.25, -0.2) is 9.59 Å². The molecule has 1 aromatic heterocycles. The topological polar surface area (TPSA) is 98.7 Å². The van der Waals surface area contributed by atoms with Gasteiger partial charge in [-0.05, 0) is 23.4 Å². The van der Waals surface area contributed by atoms with E-state index in [0.717, 1.165) is 11.3 Å². The summed E-state index contributed by atoms with van der Waals surface area (Å²) in [5.74, 6) is -1.16. The number of aryl methyl sites for hydroxylation is 1. The maximum absolute atomic E-state index is 11.6. The fraction of sp³-hybridized carbons (Fsp3) is 0.500. The average Bonchev–Trinajstić information content (AvgIpc) is 2.83. The highest BCUT2D eigenvalue weighted by molar-refractivity contribution is 7.10. The molecular weight excluding hydrogens is 268 g/mol. The summed E-state index contributed by atoms with van der Waals surface area (Å²) in [6, 6.07) is 0.390. The molecule has 4 N–H and O–H groups in total. The molecule has 2 amide bonds. The van der Waals surface area contributed by atoms with Gasteiger partial charge in [-0.15, -0.1) is 11.3 Å². The molecule has 0 radical (unpaired) electrons. The van der Waals surface area contributed by atoms with Crippen LogP contribution in [0.15, 0.2) is 11.4 Å². The van der Waals surface area contributed by atoms with Crippen molar-refractivity contribution < 1.29 is 19.8 Å². The van der Waals surface area contributed by atoms with Gasteiger partial charge in [-0.2, -0.15) is 0 Å². The minimum atomic E-state index is -1.16. The number of aliphatic carboxylic acids is 1. The first kappa shape index (κ1) is 15.5. The molecule has 0 bridgehead atoms. The molecule has 6 nitrogen and oxygen atoms in total. The number of carboxylic acids is 1. The predicted molar refractivity (Wildman–Crippen MR) is 72.2 cm³/mol. The number of carboxylic acid groups (broad SMARTS) is 1. The maximum atomic E-state index is 11.6. The zero-order chi connectivity index (χ0) is 14.3. The number of amides is 2. The standard InChI is InChI=1S/C12H18N2O4S/c1-2-8-4-6-19-10(8)7-13-12(18)14-9(3-5-15)11(16)17/h4,6,9,15H,2-3,5,7H2,1H3,(H,16,17)(H2,13,14,18)/t9-/m0/s1. The summed E-state index contributed by atoms with van der Waals surface area (Å²) in [6.07, 6.45) is 0.881. The van der Waals surface area contributed by atoms with Crippen molar-refractivity contribution in [1.82, 2.24) is 10.6 Å². The Labute approximate surface area is 115 Å². The van der Waals surface area contributed by atoms with E-state index in [4.69, 9.17) is 10.2 Å². The highest BCUT2D eigenvalue weighted by Crippen LogP contribution is 2.16. The number of nitrogens with one attached hydrogen (secondary N) is 2. The molecule has 106 valence electrons. The van der Waals surface area contributed by atoms with Gasteiger partial charge in [-0.3, -0.25) is 0 Å². The number of carbonyl (C=O) groups is 2. The van der Waals surface area contributed by atoms with E-state index in [1.807, 2.05) is 18.4 Å². The fourth-order valence-corrected chi connectivity index (χ4v) is 2.51. The Kier molecular flexibility index (Phi) is 6.31. The second-order valence-corrected chi connectivity index (χ2v) is 4.95. The summed E-state index contributed by atoms with van der Waals surface area (Å²) in [6.45, 7) is 2.12. The molecular formula is C12H18N2O4S. The number of aliphatic hydroxyl groups is 1. The number of carbonyl (C=O) groups excluding carboxylic acids is 1. The van der Waals surface area contributed by atoms with Crippen LogP contribution in [0.25, 0.3) is 0 Å². The minimum absolute atomic E-state index is 0.0119.